The lowest BCUT2D eigenvalue weighted by molar-refractivity contribution is -0.131. The van der Waals surface area contributed by atoms with Gasteiger partial charge in [-0.3, -0.25) is 14.4 Å². The molecule has 0 aromatic carbocycles. The second-order valence-electron chi connectivity index (χ2n) is 10.4. The summed E-state index contributed by atoms with van der Waals surface area (Å²) in [5.41, 5.74) is -0.725. The molecule has 2 fully saturated rings. The van der Waals surface area contributed by atoms with Gasteiger partial charge in [0.25, 0.3) is 0 Å². The number of hydrogen-bond acceptors (Lipinski definition) is 6. The Morgan fingerprint density at radius 3 is 2.42 bits per heavy atom. The molecule has 186 valence electrons. The van der Waals surface area contributed by atoms with Crippen molar-refractivity contribution >= 4 is 30.1 Å². The van der Waals surface area contributed by atoms with Crippen molar-refractivity contribution < 1.29 is 28.7 Å². The van der Waals surface area contributed by atoms with Gasteiger partial charge in [0.05, 0.1) is 6.04 Å². The van der Waals surface area contributed by atoms with Gasteiger partial charge < -0.3 is 30.8 Å². The fraction of sp³-hybridized carbons (Fsp3) is 0.783. The number of carbonyl (C=O) groups is 5. The summed E-state index contributed by atoms with van der Waals surface area (Å²) in [6.45, 7) is 9.51. The number of amides is 4. The van der Waals surface area contributed by atoms with E-state index < -0.39 is 47.6 Å². The van der Waals surface area contributed by atoms with E-state index in [1.54, 1.807) is 20.8 Å². The van der Waals surface area contributed by atoms with E-state index in [9.17, 15) is 24.0 Å². The highest BCUT2D eigenvalue weighted by molar-refractivity contribution is 5.92. The number of carbonyl (C=O) groups excluding carboxylic acids is 5. The SMILES string of the molecule is CC(C)C[C@@H]1NC(=O)C(NC(=O)OC(C)(C)C)CCC[C@@H]2CNC(=O)[C@@H]2C[C@@H](C=O)NC1=O. The average Bonchev–Trinajstić information content (AvgIpc) is 3.03. The first-order chi connectivity index (χ1) is 15.4. The molecule has 2 aliphatic rings. The molecule has 2 aliphatic heterocycles. The third-order valence-corrected chi connectivity index (χ3v) is 5.86. The molecule has 0 radical (unpaired) electrons. The predicted octanol–water partition coefficient (Wildman–Crippen LogP) is 1.03. The molecular weight excluding hydrogens is 428 g/mol. The minimum atomic E-state index is -0.895. The molecule has 0 saturated carbocycles. The van der Waals surface area contributed by atoms with Crippen LogP contribution >= 0.6 is 0 Å². The average molecular weight is 467 g/mol. The van der Waals surface area contributed by atoms with Crippen molar-refractivity contribution in [3.05, 3.63) is 0 Å². The fourth-order valence-electron chi connectivity index (χ4n) is 4.31. The normalized spacial score (nSPS) is 29.4. The second-order valence-corrected chi connectivity index (χ2v) is 10.4. The lowest BCUT2D eigenvalue weighted by Gasteiger charge is -2.26. The van der Waals surface area contributed by atoms with Crippen LogP contribution in [0.2, 0.25) is 0 Å². The van der Waals surface area contributed by atoms with E-state index in [2.05, 4.69) is 21.3 Å². The lowest BCUT2D eigenvalue weighted by Crippen LogP contribution is -2.55. The van der Waals surface area contributed by atoms with Crippen LogP contribution in [-0.4, -0.2) is 60.4 Å². The Bertz CT molecular complexity index is 748. The van der Waals surface area contributed by atoms with E-state index >= 15 is 0 Å². The Hall–Kier alpha value is -2.65. The molecule has 4 N–H and O–H groups in total. The summed E-state index contributed by atoms with van der Waals surface area (Å²) in [4.78, 5) is 62.4. The van der Waals surface area contributed by atoms with Gasteiger partial charge in [-0.2, -0.15) is 0 Å². The zero-order valence-corrected chi connectivity index (χ0v) is 20.2. The van der Waals surface area contributed by atoms with Gasteiger partial charge in [-0.1, -0.05) is 20.3 Å². The van der Waals surface area contributed by atoms with Crippen molar-refractivity contribution in [1.82, 2.24) is 21.3 Å². The van der Waals surface area contributed by atoms with Gasteiger partial charge in [0.1, 0.15) is 24.0 Å². The monoisotopic (exact) mass is 466 g/mol. The van der Waals surface area contributed by atoms with Gasteiger partial charge in [-0.05, 0) is 58.3 Å². The maximum atomic E-state index is 13.1. The Morgan fingerprint density at radius 1 is 1.12 bits per heavy atom. The third-order valence-electron chi connectivity index (χ3n) is 5.86. The molecule has 2 rings (SSSR count). The Kier molecular flexibility index (Phi) is 9.25. The molecule has 0 bridgehead atoms. The summed E-state index contributed by atoms with van der Waals surface area (Å²) in [5, 5.41) is 10.9. The third kappa shape index (κ3) is 8.33. The maximum absolute atomic E-state index is 13.1. The van der Waals surface area contributed by atoms with Crippen LogP contribution in [0.1, 0.15) is 66.7 Å². The molecule has 0 aliphatic carbocycles. The molecule has 2 saturated heterocycles. The largest absolute Gasteiger partial charge is 0.444 e. The van der Waals surface area contributed by atoms with Crippen LogP contribution in [0.5, 0.6) is 0 Å². The summed E-state index contributed by atoms with van der Waals surface area (Å²) in [7, 11) is 0. The topological polar surface area (TPSA) is 143 Å². The van der Waals surface area contributed by atoms with Crippen molar-refractivity contribution in [2.45, 2.75) is 90.4 Å². The Morgan fingerprint density at radius 2 is 1.82 bits per heavy atom. The summed E-state index contributed by atoms with van der Waals surface area (Å²) < 4.78 is 5.30. The molecule has 4 amide bonds. The van der Waals surface area contributed by atoms with E-state index in [1.807, 2.05) is 13.8 Å². The predicted molar refractivity (Wildman–Crippen MR) is 121 cm³/mol. The number of alkyl carbamates (subject to hydrolysis) is 1. The molecule has 0 aromatic heterocycles. The minimum Gasteiger partial charge on any atom is -0.444 e. The lowest BCUT2D eigenvalue weighted by atomic mass is 9.85. The Balaban J connectivity index is 2.27. The summed E-state index contributed by atoms with van der Waals surface area (Å²) >= 11 is 0. The maximum Gasteiger partial charge on any atom is 0.408 e. The Labute approximate surface area is 195 Å². The molecule has 0 spiro atoms. The molecule has 0 aromatic rings. The van der Waals surface area contributed by atoms with Gasteiger partial charge in [-0.15, -0.1) is 0 Å². The molecule has 2 heterocycles. The summed E-state index contributed by atoms with van der Waals surface area (Å²) in [6, 6.07) is -2.60. The van der Waals surface area contributed by atoms with Crippen LogP contribution in [-0.2, 0) is 23.9 Å². The van der Waals surface area contributed by atoms with Crippen LogP contribution in [0.25, 0.3) is 0 Å². The molecular formula is C23H38N4O6. The van der Waals surface area contributed by atoms with Gasteiger partial charge in [0.15, 0.2) is 0 Å². The standard InChI is InChI=1S/C23H38N4O6/c1-13(2)9-18-21(31)25-15(12-28)10-16-14(11-24-19(16)29)7-6-8-17(20(30)26-18)27-22(32)33-23(3,4)5/h12-18H,6-11H2,1-5H3,(H,24,29)(H,25,31)(H,26,30)(H,27,32)/t14-,15+,16-,17?,18+/m1/s1. The van der Waals surface area contributed by atoms with Gasteiger partial charge >= 0.3 is 6.09 Å². The molecule has 10 nitrogen and oxygen atoms in total. The van der Waals surface area contributed by atoms with Crippen LogP contribution in [0, 0.1) is 17.8 Å². The molecule has 33 heavy (non-hydrogen) atoms. The quantitative estimate of drug-likeness (QED) is 0.456. The van der Waals surface area contributed by atoms with Crippen molar-refractivity contribution in [1.29, 1.82) is 0 Å². The van der Waals surface area contributed by atoms with Gasteiger partial charge in [0, 0.05) is 12.5 Å². The number of fused-ring (bicyclic) bond motifs is 1. The number of nitrogens with one attached hydrogen (secondary N) is 4. The number of rotatable bonds is 4. The zero-order chi connectivity index (χ0) is 24.8. The first-order valence-corrected chi connectivity index (χ1v) is 11.7. The first kappa shape index (κ1) is 26.6. The van der Waals surface area contributed by atoms with E-state index in [-0.39, 0.29) is 24.2 Å². The fourth-order valence-corrected chi connectivity index (χ4v) is 4.31. The van der Waals surface area contributed by atoms with E-state index in [1.165, 1.54) is 0 Å². The number of aldehydes is 1. The van der Waals surface area contributed by atoms with Gasteiger partial charge in [-0.25, -0.2) is 4.79 Å². The smallest absolute Gasteiger partial charge is 0.408 e. The minimum absolute atomic E-state index is 0.0192. The van der Waals surface area contributed by atoms with Crippen molar-refractivity contribution in [3.8, 4) is 0 Å². The van der Waals surface area contributed by atoms with Crippen molar-refractivity contribution in [2.24, 2.45) is 17.8 Å². The highest BCUT2D eigenvalue weighted by atomic mass is 16.6. The zero-order valence-electron chi connectivity index (χ0n) is 20.2. The van der Waals surface area contributed by atoms with Crippen molar-refractivity contribution in [3.63, 3.8) is 0 Å². The van der Waals surface area contributed by atoms with Crippen LogP contribution < -0.4 is 21.3 Å². The highest BCUT2D eigenvalue weighted by Crippen LogP contribution is 2.28. The van der Waals surface area contributed by atoms with Crippen LogP contribution in [0.3, 0.4) is 0 Å². The van der Waals surface area contributed by atoms with Crippen molar-refractivity contribution in [2.75, 3.05) is 6.54 Å². The van der Waals surface area contributed by atoms with Crippen LogP contribution in [0.15, 0.2) is 0 Å². The second kappa shape index (κ2) is 11.5. The molecule has 5 atom stereocenters. The number of ether oxygens (including phenoxy) is 1. The summed E-state index contributed by atoms with van der Waals surface area (Å²) in [5.74, 6) is -1.43. The summed E-state index contributed by atoms with van der Waals surface area (Å²) in [6.07, 6.45) is 2.04. The molecule has 1 unspecified atom stereocenters. The van der Waals surface area contributed by atoms with Gasteiger partial charge in [0.2, 0.25) is 17.7 Å². The molecule has 10 heteroatoms. The van der Waals surface area contributed by atoms with E-state index in [0.717, 1.165) is 0 Å². The number of hydrogen-bond donors (Lipinski definition) is 4. The van der Waals surface area contributed by atoms with E-state index in [0.29, 0.717) is 38.5 Å². The highest BCUT2D eigenvalue weighted by Gasteiger charge is 2.38. The first-order valence-electron chi connectivity index (χ1n) is 11.7. The van der Waals surface area contributed by atoms with Crippen LogP contribution in [0.4, 0.5) is 4.79 Å². The van der Waals surface area contributed by atoms with E-state index in [4.69, 9.17) is 4.74 Å².